The molecule has 0 aliphatic heterocycles. The Hall–Kier alpha value is -2.96. The SMILES string of the molecule is Cc1nc2ccc(C(=O)NCCc3ccc(C(F)(F)F)cc3)cc2nc1C. The summed E-state index contributed by atoms with van der Waals surface area (Å²) in [7, 11) is 0. The van der Waals surface area contributed by atoms with Crippen molar-refractivity contribution >= 4 is 16.9 Å². The number of alkyl halides is 3. The van der Waals surface area contributed by atoms with Gasteiger partial charge in [0.15, 0.2) is 0 Å². The van der Waals surface area contributed by atoms with Crippen molar-refractivity contribution in [3.8, 4) is 0 Å². The van der Waals surface area contributed by atoms with E-state index in [-0.39, 0.29) is 5.91 Å². The lowest BCUT2D eigenvalue weighted by Gasteiger charge is -2.09. The predicted molar refractivity (Wildman–Crippen MR) is 96.5 cm³/mol. The highest BCUT2D eigenvalue weighted by molar-refractivity contribution is 5.97. The lowest BCUT2D eigenvalue weighted by atomic mass is 10.1. The molecule has 3 rings (SSSR count). The Kier molecular flexibility index (Phi) is 5.12. The number of nitrogens with one attached hydrogen (secondary N) is 1. The summed E-state index contributed by atoms with van der Waals surface area (Å²) in [5.74, 6) is -0.260. The number of benzene rings is 2. The lowest BCUT2D eigenvalue weighted by molar-refractivity contribution is -0.137. The zero-order valence-corrected chi connectivity index (χ0v) is 14.9. The summed E-state index contributed by atoms with van der Waals surface area (Å²) in [5, 5.41) is 2.77. The van der Waals surface area contributed by atoms with Crippen molar-refractivity contribution in [2.24, 2.45) is 0 Å². The van der Waals surface area contributed by atoms with E-state index in [1.54, 1.807) is 18.2 Å². The first-order valence-corrected chi connectivity index (χ1v) is 8.43. The molecule has 27 heavy (non-hydrogen) atoms. The number of hydrogen-bond acceptors (Lipinski definition) is 3. The minimum absolute atomic E-state index is 0.260. The van der Waals surface area contributed by atoms with Gasteiger partial charge in [-0.25, -0.2) is 9.97 Å². The van der Waals surface area contributed by atoms with Crippen LogP contribution in [0.3, 0.4) is 0 Å². The maximum Gasteiger partial charge on any atom is 0.416 e. The average Bonchev–Trinajstić information content (AvgIpc) is 2.62. The molecule has 0 saturated heterocycles. The van der Waals surface area contributed by atoms with Gasteiger partial charge in [-0.05, 0) is 56.2 Å². The summed E-state index contributed by atoms with van der Waals surface area (Å²) in [6, 6.07) is 10.0. The van der Waals surface area contributed by atoms with E-state index in [1.807, 2.05) is 13.8 Å². The molecule has 0 atom stereocenters. The number of amides is 1. The largest absolute Gasteiger partial charge is 0.416 e. The minimum atomic E-state index is -4.34. The van der Waals surface area contributed by atoms with E-state index < -0.39 is 11.7 Å². The number of carbonyl (C=O) groups excluding carboxylic acids is 1. The number of aryl methyl sites for hydroxylation is 2. The number of fused-ring (bicyclic) bond motifs is 1. The maximum absolute atomic E-state index is 12.6. The van der Waals surface area contributed by atoms with E-state index >= 15 is 0 Å². The first kappa shape index (κ1) is 18.8. The molecule has 7 heteroatoms. The van der Waals surface area contributed by atoms with Crippen LogP contribution < -0.4 is 5.32 Å². The van der Waals surface area contributed by atoms with Crippen molar-refractivity contribution in [2.75, 3.05) is 6.54 Å². The molecule has 0 unspecified atom stereocenters. The van der Waals surface area contributed by atoms with Crippen LogP contribution in [-0.2, 0) is 12.6 Å². The van der Waals surface area contributed by atoms with E-state index in [4.69, 9.17) is 0 Å². The molecule has 4 nitrogen and oxygen atoms in total. The third-order valence-electron chi connectivity index (χ3n) is 4.32. The number of rotatable bonds is 4. The topological polar surface area (TPSA) is 54.9 Å². The highest BCUT2D eigenvalue weighted by Crippen LogP contribution is 2.29. The lowest BCUT2D eigenvalue weighted by Crippen LogP contribution is -2.25. The van der Waals surface area contributed by atoms with Crippen molar-refractivity contribution in [1.82, 2.24) is 15.3 Å². The minimum Gasteiger partial charge on any atom is -0.352 e. The second kappa shape index (κ2) is 7.34. The van der Waals surface area contributed by atoms with Crippen LogP contribution >= 0.6 is 0 Å². The van der Waals surface area contributed by atoms with Crippen LogP contribution in [0.25, 0.3) is 11.0 Å². The molecule has 0 bridgehead atoms. The molecule has 1 aromatic heterocycles. The monoisotopic (exact) mass is 373 g/mol. The first-order valence-electron chi connectivity index (χ1n) is 8.43. The van der Waals surface area contributed by atoms with Crippen LogP contribution in [0.2, 0.25) is 0 Å². The fourth-order valence-electron chi connectivity index (χ4n) is 2.65. The second-order valence-corrected chi connectivity index (χ2v) is 6.30. The second-order valence-electron chi connectivity index (χ2n) is 6.30. The molecule has 0 spiro atoms. The molecule has 1 heterocycles. The van der Waals surface area contributed by atoms with Crippen molar-refractivity contribution in [3.63, 3.8) is 0 Å². The van der Waals surface area contributed by atoms with Gasteiger partial charge in [0.05, 0.1) is 28.0 Å². The summed E-state index contributed by atoms with van der Waals surface area (Å²) in [6.45, 7) is 4.06. The molecule has 140 valence electrons. The van der Waals surface area contributed by atoms with Crippen LogP contribution in [-0.4, -0.2) is 22.4 Å². The van der Waals surface area contributed by atoms with E-state index in [2.05, 4.69) is 15.3 Å². The van der Waals surface area contributed by atoms with Gasteiger partial charge in [0.2, 0.25) is 0 Å². The van der Waals surface area contributed by atoms with Gasteiger partial charge in [0.1, 0.15) is 0 Å². The molecule has 0 saturated carbocycles. The van der Waals surface area contributed by atoms with Gasteiger partial charge in [-0.1, -0.05) is 12.1 Å². The Balaban J connectivity index is 1.62. The fraction of sp³-hybridized carbons (Fsp3) is 0.250. The number of halogens is 3. The third-order valence-corrected chi connectivity index (χ3v) is 4.32. The van der Waals surface area contributed by atoms with Crippen molar-refractivity contribution in [2.45, 2.75) is 26.4 Å². The standard InChI is InChI=1S/C20H18F3N3O/c1-12-13(2)26-18-11-15(5-8-17(18)25-12)19(27)24-10-9-14-3-6-16(7-4-14)20(21,22)23/h3-8,11H,9-10H2,1-2H3,(H,24,27). The van der Waals surface area contributed by atoms with Gasteiger partial charge in [0, 0.05) is 12.1 Å². The molecule has 1 N–H and O–H groups in total. The zero-order valence-electron chi connectivity index (χ0n) is 14.9. The predicted octanol–water partition coefficient (Wildman–Crippen LogP) is 4.24. The van der Waals surface area contributed by atoms with E-state index in [0.29, 0.717) is 24.0 Å². The van der Waals surface area contributed by atoms with Gasteiger partial charge in [-0.2, -0.15) is 13.2 Å². The van der Waals surface area contributed by atoms with Crippen molar-refractivity contribution < 1.29 is 18.0 Å². The van der Waals surface area contributed by atoms with E-state index in [9.17, 15) is 18.0 Å². The molecule has 0 radical (unpaired) electrons. The molecule has 0 aliphatic carbocycles. The number of carbonyl (C=O) groups is 1. The Bertz CT molecular complexity index is 982. The van der Waals surface area contributed by atoms with E-state index in [0.717, 1.165) is 34.6 Å². The van der Waals surface area contributed by atoms with Crippen LogP contribution in [0.15, 0.2) is 42.5 Å². The van der Waals surface area contributed by atoms with Crippen LogP contribution in [0, 0.1) is 13.8 Å². The van der Waals surface area contributed by atoms with Gasteiger partial charge in [-0.15, -0.1) is 0 Å². The molecule has 0 fully saturated rings. The fourth-order valence-corrected chi connectivity index (χ4v) is 2.65. The van der Waals surface area contributed by atoms with Crippen molar-refractivity contribution in [3.05, 3.63) is 70.5 Å². The average molecular weight is 373 g/mol. The van der Waals surface area contributed by atoms with Gasteiger partial charge < -0.3 is 5.32 Å². The first-order chi connectivity index (χ1) is 12.7. The molecular weight excluding hydrogens is 355 g/mol. The Morgan fingerprint density at radius 1 is 0.963 bits per heavy atom. The Morgan fingerprint density at radius 2 is 1.59 bits per heavy atom. The van der Waals surface area contributed by atoms with E-state index in [1.165, 1.54) is 12.1 Å². The van der Waals surface area contributed by atoms with Crippen LogP contribution in [0.1, 0.15) is 32.9 Å². The summed E-state index contributed by atoms with van der Waals surface area (Å²) in [6.07, 6.45) is -3.90. The van der Waals surface area contributed by atoms with Crippen LogP contribution in [0.5, 0.6) is 0 Å². The Labute approximate surface area is 154 Å². The smallest absolute Gasteiger partial charge is 0.352 e. The third kappa shape index (κ3) is 4.42. The highest BCUT2D eigenvalue weighted by Gasteiger charge is 2.29. The molecule has 3 aromatic rings. The quantitative estimate of drug-likeness (QED) is 0.744. The van der Waals surface area contributed by atoms with Gasteiger partial charge >= 0.3 is 6.18 Å². The van der Waals surface area contributed by atoms with Gasteiger partial charge in [0.25, 0.3) is 5.91 Å². The number of nitrogens with zero attached hydrogens (tertiary/aromatic N) is 2. The molecule has 2 aromatic carbocycles. The number of hydrogen-bond donors (Lipinski definition) is 1. The zero-order chi connectivity index (χ0) is 19.6. The maximum atomic E-state index is 12.6. The Morgan fingerprint density at radius 3 is 2.22 bits per heavy atom. The molecule has 1 amide bonds. The van der Waals surface area contributed by atoms with Crippen LogP contribution in [0.4, 0.5) is 13.2 Å². The molecule has 0 aliphatic rings. The summed E-state index contributed by atoms with van der Waals surface area (Å²) in [4.78, 5) is 21.2. The summed E-state index contributed by atoms with van der Waals surface area (Å²) < 4.78 is 37.7. The van der Waals surface area contributed by atoms with Crippen molar-refractivity contribution in [1.29, 1.82) is 0 Å². The van der Waals surface area contributed by atoms with Gasteiger partial charge in [-0.3, -0.25) is 4.79 Å². The summed E-state index contributed by atoms with van der Waals surface area (Å²) >= 11 is 0. The molecular formula is C20H18F3N3O. The summed E-state index contributed by atoms with van der Waals surface area (Å²) in [5.41, 5.74) is 3.52. The number of aromatic nitrogens is 2. The highest BCUT2D eigenvalue weighted by atomic mass is 19.4. The normalized spacial score (nSPS) is 11.6.